The van der Waals surface area contributed by atoms with Gasteiger partial charge in [-0.15, -0.1) is 12.4 Å². The third-order valence-corrected chi connectivity index (χ3v) is 3.42. The minimum atomic E-state index is -0.610. The Morgan fingerprint density at radius 1 is 1.42 bits per heavy atom. The average molecular weight is 354 g/mol. The molecule has 0 bridgehead atoms. The molecule has 1 aromatic heterocycles. The Kier molecular flexibility index (Phi) is 7.34. The number of H-pyrrole nitrogens is 1. The lowest BCUT2D eigenvalue weighted by Crippen LogP contribution is -2.32. The number of aromatic amines is 1. The van der Waals surface area contributed by atoms with Gasteiger partial charge in [0, 0.05) is 12.6 Å². The van der Waals surface area contributed by atoms with E-state index in [4.69, 9.17) is 5.73 Å². The Bertz CT molecular complexity index is 690. The van der Waals surface area contributed by atoms with Crippen LogP contribution in [-0.2, 0) is 6.42 Å². The number of halogens is 1. The summed E-state index contributed by atoms with van der Waals surface area (Å²) in [6.07, 6.45) is 1.17. The summed E-state index contributed by atoms with van der Waals surface area (Å²) >= 11 is 0. The van der Waals surface area contributed by atoms with Crippen molar-refractivity contribution >= 4 is 24.0 Å². The highest BCUT2D eigenvalue weighted by Crippen LogP contribution is 2.22. The molecule has 0 aliphatic rings. The van der Waals surface area contributed by atoms with E-state index in [0.29, 0.717) is 18.5 Å². The normalized spacial score (nSPS) is 11.4. The number of carbonyl (C=O) groups is 1. The van der Waals surface area contributed by atoms with Gasteiger partial charge in [-0.3, -0.25) is 20.0 Å². The second kappa shape index (κ2) is 8.99. The van der Waals surface area contributed by atoms with Crippen LogP contribution in [0.2, 0.25) is 0 Å². The Labute approximate surface area is 145 Å². The molecule has 0 saturated heterocycles. The van der Waals surface area contributed by atoms with Crippen molar-refractivity contribution in [2.24, 2.45) is 5.73 Å². The summed E-state index contributed by atoms with van der Waals surface area (Å²) in [5.74, 6) is -0.610. The van der Waals surface area contributed by atoms with Gasteiger partial charge in [-0.1, -0.05) is 43.7 Å². The maximum atomic E-state index is 12.2. The number of aromatic nitrogens is 2. The molecule has 1 aromatic carbocycles. The molecule has 0 fully saturated rings. The van der Waals surface area contributed by atoms with E-state index in [0.717, 1.165) is 5.56 Å². The maximum absolute atomic E-state index is 12.2. The number of rotatable bonds is 7. The van der Waals surface area contributed by atoms with Crippen molar-refractivity contribution in [2.45, 2.75) is 25.8 Å². The number of hydrogen-bond donors (Lipinski definition) is 3. The van der Waals surface area contributed by atoms with Crippen molar-refractivity contribution in [3.05, 3.63) is 57.4 Å². The third kappa shape index (κ3) is 4.53. The van der Waals surface area contributed by atoms with Crippen LogP contribution in [0.1, 0.15) is 41.1 Å². The summed E-state index contributed by atoms with van der Waals surface area (Å²) in [5.41, 5.74) is 6.75. The SMILES string of the molecule is CCCc1[nH]nc(C(=O)NCC(N)c2ccccc2)c1[N+](=O)[O-].Cl. The molecule has 1 unspecified atom stereocenters. The fraction of sp³-hybridized carbons (Fsp3) is 0.333. The molecule has 2 aromatic rings. The number of hydrogen-bond acceptors (Lipinski definition) is 5. The van der Waals surface area contributed by atoms with Gasteiger partial charge >= 0.3 is 5.69 Å². The summed E-state index contributed by atoms with van der Waals surface area (Å²) in [7, 11) is 0. The Hall–Kier alpha value is -2.45. The Morgan fingerprint density at radius 3 is 2.67 bits per heavy atom. The van der Waals surface area contributed by atoms with Gasteiger partial charge in [0.2, 0.25) is 5.69 Å². The first kappa shape index (κ1) is 19.6. The first-order valence-electron chi connectivity index (χ1n) is 7.35. The monoisotopic (exact) mass is 353 g/mol. The number of amides is 1. The summed E-state index contributed by atoms with van der Waals surface area (Å²) in [6.45, 7) is 2.05. The molecule has 8 nitrogen and oxygen atoms in total. The number of nitrogens with zero attached hydrogens (tertiary/aromatic N) is 2. The van der Waals surface area contributed by atoms with Crippen LogP contribution in [0.25, 0.3) is 0 Å². The van der Waals surface area contributed by atoms with E-state index in [1.807, 2.05) is 37.3 Å². The highest BCUT2D eigenvalue weighted by Gasteiger charge is 2.28. The number of nitro groups is 1. The van der Waals surface area contributed by atoms with Crippen molar-refractivity contribution in [1.82, 2.24) is 15.5 Å². The molecule has 0 radical (unpaired) electrons. The Morgan fingerprint density at radius 2 is 2.08 bits per heavy atom. The smallest absolute Gasteiger partial charge is 0.322 e. The van der Waals surface area contributed by atoms with Crippen LogP contribution < -0.4 is 11.1 Å². The molecule has 130 valence electrons. The number of nitrogens with one attached hydrogen (secondary N) is 2. The minimum Gasteiger partial charge on any atom is -0.349 e. The van der Waals surface area contributed by atoms with Crippen LogP contribution in [0.5, 0.6) is 0 Å². The molecule has 0 aliphatic heterocycles. The topological polar surface area (TPSA) is 127 Å². The van der Waals surface area contributed by atoms with Crippen LogP contribution in [-0.4, -0.2) is 27.6 Å². The van der Waals surface area contributed by atoms with E-state index < -0.39 is 16.9 Å². The zero-order valence-electron chi connectivity index (χ0n) is 13.2. The van der Waals surface area contributed by atoms with Crippen LogP contribution >= 0.6 is 12.4 Å². The number of nitrogens with two attached hydrogens (primary N) is 1. The minimum absolute atomic E-state index is 0. The molecule has 1 heterocycles. The van der Waals surface area contributed by atoms with Crippen LogP contribution in [0, 0.1) is 10.1 Å². The van der Waals surface area contributed by atoms with Crippen molar-refractivity contribution in [3.63, 3.8) is 0 Å². The largest absolute Gasteiger partial charge is 0.349 e. The van der Waals surface area contributed by atoms with Crippen LogP contribution in [0.3, 0.4) is 0 Å². The van der Waals surface area contributed by atoms with Crippen molar-refractivity contribution in [1.29, 1.82) is 0 Å². The molecular formula is C15H20ClN5O3. The first-order valence-corrected chi connectivity index (χ1v) is 7.35. The molecule has 9 heteroatoms. The van der Waals surface area contributed by atoms with Gasteiger partial charge in [0.25, 0.3) is 5.91 Å². The standard InChI is InChI=1S/C15H19N5O3.ClH/c1-2-6-12-14(20(22)23)13(19-18-12)15(21)17-9-11(16)10-7-4-3-5-8-10;/h3-5,7-8,11H,2,6,9,16H2,1H3,(H,17,21)(H,18,19);1H. The molecule has 24 heavy (non-hydrogen) atoms. The van der Waals surface area contributed by atoms with E-state index in [1.165, 1.54) is 0 Å². The lowest BCUT2D eigenvalue weighted by Gasteiger charge is -2.12. The van der Waals surface area contributed by atoms with Gasteiger partial charge in [-0.05, 0) is 12.0 Å². The van der Waals surface area contributed by atoms with E-state index in [1.54, 1.807) is 0 Å². The zero-order chi connectivity index (χ0) is 16.8. The Balaban J connectivity index is 0.00000288. The lowest BCUT2D eigenvalue weighted by molar-refractivity contribution is -0.385. The lowest BCUT2D eigenvalue weighted by atomic mass is 10.1. The quantitative estimate of drug-likeness (QED) is 0.519. The maximum Gasteiger partial charge on any atom is 0.322 e. The molecular weight excluding hydrogens is 334 g/mol. The summed E-state index contributed by atoms with van der Waals surface area (Å²) in [4.78, 5) is 22.8. The van der Waals surface area contributed by atoms with Crippen molar-refractivity contribution in [3.8, 4) is 0 Å². The van der Waals surface area contributed by atoms with Crippen LogP contribution in [0.15, 0.2) is 30.3 Å². The van der Waals surface area contributed by atoms with Gasteiger partial charge in [-0.25, -0.2) is 0 Å². The third-order valence-electron chi connectivity index (χ3n) is 3.42. The summed E-state index contributed by atoms with van der Waals surface area (Å²) in [5, 5.41) is 20.1. The van der Waals surface area contributed by atoms with Gasteiger partial charge in [-0.2, -0.15) is 5.10 Å². The predicted molar refractivity (Wildman–Crippen MR) is 92.2 cm³/mol. The molecule has 4 N–H and O–H groups in total. The second-order valence-electron chi connectivity index (χ2n) is 5.13. The zero-order valence-corrected chi connectivity index (χ0v) is 14.0. The van der Waals surface area contributed by atoms with Gasteiger partial charge < -0.3 is 11.1 Å². The fourth-order valence-corrected chi connectivity index (χ4v) is 2.26. The van der Waals surface area contributed by atoms with Gasteiger partial charge in [0.1, 0.15) is 5.69 Å². The first-order chi connectivity index (χ1) is 11.0. The molecule has 2 rings (SSSR count). The highest BCUT2D eigenvalue weighted by molar-refractivity contribution is 5.96. The summed E-state index contributed by atoms with van der Waals surface area (Å²) in [6, 6.07) is 8.89. The van der Waals surface area contributed by atoms with Crippen molar-refractivity contribution in [2.75, 3.05) is 6.54 Å². The predicted octanol–water partition coefficient (Wildman–Crippen LogP) is 2.12. The van der Waals surface area contributed by atoms with E-state index in [9.17, 15) is 14.9 Å². The van der Waals surface area contributed by atoms with E-state index in [2.05, 4.69) is 15.5 Å². The molecule has 0 aliphatic carbocycles. The highest BCUT2D eigenvalue weighted by atomic mass is 35.5. The molecule has 1 amide bonds. The van der Waals surface area contributed by atoms with Crippen molar-refractivity contribution < 1.29 is 9.72 Å². The van der Waals surface area contributed by atoms with E-state index >= 15 is 0 Å². The number of carbonyl (C=O) groups excluding carboxylic acids is 1. The number of benzene rings is 1. The average Bonchev–Trinajstić information content (AvgIpc) is 2.97. The van der Waals surface area contributed by atoms with Gasteiger partial charge in [0.15, 0.2) is 0 Å². The van der Waals surface area contributed by atoms with Gasteiger partial charge in [0.05, 0.1) is 4.92 Å². The molecule has 1 atom stereocenters. The molecule has 0 saturated carbocycles. The molecule has 0 spiro atoms. The van der Waals surface area contributed by atoms with E-state index in [-0.39, 0.29) is 30.3 Å². The second-order valence-corrected chi connectivity index (χ2v) is 5.13. The summed E-state index contributed by atoms with van der Waals surface area (Å²) < 4.78 is 0. The number of aryl methyl sites for hydroxylation is 1. The van der Waals surface area contributed by atoms with Crippen LogP contribution in [0.4, 0.5) is 5.69 Å². The fourth-order valence-electron chi connectivity index (χ4n) is 2.26.